The first-order chi connectivity index (χ1) is 8.95. The van der Waals surface area contributed by atoms with Gasteiger partial charge in [-0.25, -0.2) is 17.2 Å². The molecule has 1 aromatic rings. The highest BCUT2D eigenvalue weighted by Crippen LogP contribution is 2.21. The van der Waals surface area contributed by atoms with Crippen LogP contribution >= 0.6 is 0 Å². The maximum atomic E-state index is 13.6. The lowest BCUT2D eigenvalue weighted by molar-refractivity contribution is 0.196. The van der Waals surface area contributed by atoms with Gasteiger partial charge in [-0.3, -0.25) is 0 Å². The van der Waals surface area contributed by atoms with Gasteiger partial charge in [0.1, 0.15) is 16.5 Å². The van der Waals surface area contributed by atoms with E-state index in [0.717, 1.165) is 24.7 Å². The molecule has 0 aliphatic carbocycles. The second kappa shape index (κ2) is 5.52. The monoisotopic (exact) mass is 290 g/mol. The summed E-state index contributed by atoms with van der Waals surface area (Å²) in [4.78, 5) is 1.52. The number of likely N-dealkylation sites (N-methyl/N-ethyl adjacent to an activating group) is 1. The predicted octanol–water partition coefficient (Wildman–Crippen LogP) is 1.29. The Morgan fingerprint density at radius 2 is 1.79 bits per heavy atom. The van der Waals surface area contributed by atoms with Crippen molar-refractivity contribution in [3.63, 3.8) is 0 Å². The van der Waals surface area contributed by atoms with Crippen molar-refractivity contribution < 1.29 is 17.2 Å². The van der Waals surface area contributed by atoms with Gasteiger partial charge in [-0.2, -0.15) is 4.31 Å². The molecule has 4 nitrogen and oxygen atoms in total. The molecular weight excluding hydrogens is 274 g/mol. The van der Waals surface area contributed by atoms with Crippen molar-refractivity contribution in [2.24, 2.45) is 0 Å². The van der Waals surface area contributed by atoms with Crippen LogP contribution in [0.1, 0.15) is 6.92 Å². The molecule has 0 spiro atoms. The van der Waals surface area contributed by atoms with Crippen LogP contribution in [-0.2, 0) is 10.0 Å². The summed E-state index contributed by atoms with van der Waals surface area (Å²) in [5.41, 5.74) is 0. The van der Waals surface area contributed by atoms with E-state index >= 15 is 0 Å². The first-order valence-electron chi connectivity index (χ1n) is 6.12. The van der Waals surface area contributed by atoms with E-state index in [4.69, 9.17) is 0 Å². The van der Waals surface area contributed by atoms with Gasteiger partial charge in [0.25, 0.3) is 0 Å². The van der Waals surface area contributed by atoms with Crippen LogP contribution in [0.4, 0.5) is 8.78 Å². The lowest BCUT2D eigenvalue weighted by Crippen LogP contribution is -2.48. The summed E-state index contributed by atoms with van der Waals surface area (Å²) in [6, 6.07) is 2.48. The average Bonchev–Trinajstić information content (AvgIpc) is 2.41. The number of benzene rings is 1. The Morgan fingerprint density at radius 3 is 2.37 bits per heavy atom. The zero-order chi connectivity index (χ0) is 14.0. The van der Waals surface area contributed by atoms with E-state index in [1.54, 1.807) is 0 Å². The average molecular weight is 290 g/mol. The van der Waals surface area contributed by atoms with Crippen molar-refractivity contribution in [1.29, 1.82) is 0 Å². The van der Waals surface area contributed by atoms with Crippen molar-refractivity contribution in [3.8, 4) is 0 Å². The summed E-state index contributed by atoms with van der Waals surface area (Å²) in [5.74, 6) is -1.67. The van der Waals surface area contributed by atoms with Crippen molar-refractivity contribution in [1.82, 2.24) is 9.21 Å². The minimum atomic E-state index is -3.96. The summed E-state index contributed by atoms with van der Waals surface area (Å²) in [6.45, 7) is 4.65. The molecule has 1 aliphatic heterocycles. The van der Waals surface area contributed by atoms with Crippen LogP contribution in [0.3, 0.4) is 0 Å². The molecule has 0 aromatic heterocycles. The molecule has 1 fully saturated rings. The molecule has 0 saturated carbocycles. The molecule has 0 atom stereocenters. The summed E-state index contributed by atoms with van der Waals surface area (Å²) in [6.07, 6.45) is 0. The molecule has 2 rings (SSSR count). The van der Waals surface area contributed by atoms with Crippen LogP contribution in [0.25, 0.3) is 0 Å². The molecule has 0 unspecified atom stereocenters. The van der Waals surface area contributed by atoms with Crippen LogP contribution in [0, 0.1) is 11.6 Å². The van der Waals surface area contributed by atoms with E-state index in [1.165, 1.54) is 4.31 Å². The van der Waals surface area contributed by atoms with Gasteiger partial charge < -0.3 is 4.90 Å². The molecule has 1 aliphatic rings. The number of hydrogen-bond donors (Lipinski definition) is 0. The highest BCUT2D eigenvalue weighted by molar-refractivity contribution is 7.89. The molecule has 19 heavy (non-hydrogen) atoms. The van der Waals surface area contributed by atoms with Crippen LogP contribution in [0.5, 0.6) is 0 Å². The lowest BCUT2D eigenvalue weighted by Gasteiger charge is -2.33. The SMILES string of the molecule is CCN1CCN(S(=O)(=O)c2cc(F)ccc2F)CC1. The number of rotatable bonds is 3. The van der Waals surface area contributed by atoms with Gasteiger partial charge in [0.2, 0.25) is 10.0 Å². The van der Waals surface area contributed by atoms with Crippen LogP contribution in [-0.4, -0.2) is 50.3 Å². The highest BCUT2D eigenvalue weighted by Gasteiger charge is 2.30. The molecular formula is C12H16F2N2O2S. The Hall–Kier alpha value is -1.05. The van der Waals surface area contributed by atoms with Gasteiger partial charge in [-0.05, 0) is 24.7 Å². The van der Waals surface area contributed by atoms with Crippen molar-refractivity contribution in [2.45, 2.75) is 11.8 Å². The highest BCUT2D eigenvalue weighted by atomic mass is 32.2. The second-order valence-electron chi connectivity index (χ2n) is 4.41. The maximum absolute atomic E-state index is 13.6. The summed E-state index contributed by atoms with van der Waals surface area (Å²) >= 11 is 0. The molecule has 7 heteroatoms. The van der Waals surface area contributed by atoms with E-state index in [-0.39, 0.29) is 0 Å². The van der Waals surface area contributed by atoms with Gasteiger partial charge in [-0.1, -0.05) is 6.92 Å². The van der Waals surface area contributed by atoms with E-state index in [0.29, 0.717) is 26.2 Å². The quantitative estimate of drug-likeness (QED) is 0.842. The third-order valence-electron chi connectivity index (χ3n) is 3.29. The largest absolute Gasteiger partial charge is 0.301 e. The predicted molar refractivity (Wildman–Crippen MR) is 67.2 cm³/mol. The molecule has 1 aromatic carbocycles. The Morgan fingerprint density at radius 1 is 1.16 bits per heavy atom. The third-order valence-corrected chi connectivity index (χ3v) is 5.20. The standard InChI is InChI=1S/C12H16F2N2O2S/c1-2-15-5-7-16(8-6-15)19(17,18)12-9-10(13)3-4-11(12)14/h3-4,9H,2,5-8H2,1H3. The summed E-state index contributed by atoms with van der Waals surface area (Å²) in [7, 11) is -3.96. The van der Waals surface area contributed by atoms with Gasteiger partial charge in [0, 0.05) is 26.2 Å². The Balaban J connectivity index is 2.26. The molecule has 0 radical (unpaired) electrons. The van der Waals surface area contributed by atoms with Gasteiger partial charge >= 0.3 is 0 Å². The van der Waals surface area contributed by atoms with Gasteiger partial charge in [-0.15, -0.1) is 0 Å². The Labute approximate surface area is 111 Å². The summed E-state index contributed by atoms with van der Waals surface area (Å²) in [5, 5.41) is 0. The van der Waals surface area contributed by atoms with Gasteiger partial charge in [0.05, 0.1) is 0 Å². The number of sulfonamides is 1. The van der Waals surface area contributed by atoms with Crippen molar-refractivity contribution in [3.05, 3.63) is 29.8 Å². The number of piperazine rings is 1. The summed E-state index contributed by atoms with van der Waals surface area (Å²) < 4.78 is 52.4. The van der Waals surface area contributed by atoms with Gasteiger partial charge in [0.15, 0.2) is 0 Å². The molecule has 0 amide bonds. The molecule has 0 N–H and O–H groups in total. The van der Waals surface area contributed by atoms with E-state index in [1.807, 2.05) is 6.92 Å². The maximum Gasteiger partial charge on any atom is 0.246 e. The van der Waals surface area contributed by atoms with Crippen LogP contribution < -0.4 is 0 Å². The molecule has 1 heterocycles. The fourth-order valence-electron chi connectivity index (χ4n) is 2.10. The van der Waals surface area contributed by atoms with Crippen molar-refractivity contribution in [2.75, 3.05) is 32.7 Å². The van der Waals surface area contributed by atoms with Crippen LogP contribution in [0.15, 0.2) is 23.1 Å². The second-order valence-corrected chi connectivity index (χ2v) is 6.32. The first-order valence-corrected chi connectivity index (χ1v) is 7.56. The lowest BCUT2D eigenvalue weighted by atomic mass is 10.3. The normalized spacial score (nSPS) is 18.7. The number of halogens is 2. The van der Waals surface area contributed by atoms with Crippen molar-refractivity contribution >= 4 is 10.0 Å². The number of hydrogen-bond acceptors (Lipinski definition) is 3. The first kappa shape index (κ1) is 14.4. The molecule has 1 saturated heterocycles. The minimum absolute atomic E-state index is 0.298. The molecule has 106 valence electrons. The van der Waals surface area contributed by atoms with Crippen LogP contribution in [0.2, 0.25) is 0 Å². The minimum Gasteiger partial charge on any atom is -0.301 e. The molecule has 0 bridgehead atoms. The topological polar surface area (TPSA) is 40.6 Å². The van der Waals surface area contributed by atoms with E-state index < -0.39 is 26.6 Å². The Kier molecular flexibility index (Phi) is 4.17. The fourth-order valence-corrected chi connectivity index (χ4v) is 3.60. The smallest absolute Gasteiger partial charge is 0.246 e. The fraction of sp³-hybridized carbons (Fsp3) is 0.500. The van der Waals surface area contributed by atoms with E-state index in [2.05, 4.69) is 4.90 Å². The zero-order valence-corrected chi connectivity index (χ0v) is 11.5. The number of nitrogens with zero attached hydrogens (tertiary/aromatic N) is 2. The Bertz CT molecular complexity index is 555. The zero-order valence-electron chi connectivity index (χ0n) is 10.6. The van der Waals surface area contributed by atoms with E-state index in [9.17, 15) is 17.2 Å². The third kappa shape index (κ3) is 2.93.